The molecule has 0 radical (unpaired) electrons. The predicted molar refractivity (Wildman–Crippen MR) is 111 cm³/mol. The van der Waals surface area contributed by atoms with E-state index in [0.29, 0.717) is 12.1 Å². The largest absolute Gasteiger partial charge is 0.308 e. The summed E-state index contributed by atoms with van der Waals surface area (Å²) in [5.74, 6) is 0.0189. The molecule has 26 heavy (non-hydrogen) atoms. The first-order valence-electron chi connectivity index (χ1n) is 8.37. The summed E-state index contributed by atoms with van der Waals surface area (Å²) in [6, 6.07) is 23.6. The molecule has 3 aromatic rings. The topological polar surface area (TPSA) is 44.1 Å². The Labute approximate surface area is 166 Å². The van der Waals surface area contributed by atoms with Crippen LogP contribution in [0.1, 0.15) is 21.5 Å². The van der Waals surface area contributed by atoms with Gasteiger partial charge in [-0.25, -0.2) is 0 Å². The molecule has 1 heterocycles. The Morgan fingerprint density at radius 3 is 2.54 bits per heavy atom. The number of fused-ring (bicyclic) bond motifs is 1. The van der Waals surface area contributed by atoms with E-state index in [0.717, 1.165) is 37.9 Å². The van der Waals surface area contributed by atoms with E-state index in [-0.39, 0.29) is 5.91 Å². The quantitative estimate of drug-likeness (QED) is 0.514. The molecule has 1 aliphatic rings. The zero-order chi connectivity index (χ0) is 18.1. The van der Waals surface area contributed by atoms with Crippen molar-refractivity contribution < 1.29 is 4.79 Å². The third-order valence-corrected chi connectivity index (χ3v) is 5.37. The minimum absolute atomic E-state index is 0.0189. The van der Waals surface area contributed by atoms with Crippen LogP contribution in [-0.2, 0) is 6.42 Å². The van der Waals surface area contributed by atoms with Crippen molar-refractivity contribution in [2.45, 2.75) is 6.42 Å². The second-order valence-electron chi connectivity index (χ2n) is 6.22. The van der Waals surface area contributed by atoms with Crippen molar-refractivity contribution in [2.75, 3.05) is 11.4 Å². The number of anilines is 1. The van der Waals surface area contributed by atoms with E-state index in [2.05, 4.69) is 28.7 Å². The van der Waals surface area contributed by atoms with Crippen LogP contribution in [0.15, 0.2) is 66.7 Å². The van der Waals surface area contributed by atoms with Crippen molar-refractivity contribution in [1.82, 2.24) is 0 Å². The van der Waals surface area contributed by atoms with Crippen LogP contribution in [-0.4, -0.2) is 12.5 Å². The van der Waals surface area contributed by atoms with Crippen LogP contribution in [0.3, 0.4) is 0 Å². The number of amides is 1. The van der Waals surface area contributed by atoms with Gasteiger partial charge in [0.2, 0.25) is 0 Å². The summed E-state index contributed by atoms with van der Waals surface area (Å²) in [4.78, 5) is 15.2. The number of hydrogen-bond acceptors (Lipinski definition) is 2. The Bertz CT molecular complexity index is 1030. The standard InChI is InChI=1S/C22H15IN2O/c23-18-7-9-19(10-8-18)25-12-11-16-4-2-6-20(21(16)22(25)26)17-5-1-3-15(13-17)14-24/h1-10,13H,11-12H2. The van der Waals surface area contributed by atoms with Crippen molar-refractivity contribution in [3.63, 3.8) is 0 Å². The summed E-state index contributed by atoms with van der Waals surface area (Å²) < 4.78 is 1.14. The Kier molecular flexibility index (Phi) is 4.48. The van der Waals surface area contributed by atoms with Gasteiger partial charge in [0.25, 0.3) is 5.91 Å². The summed E-state index contributed by atoms with van der Waals surface area (Å²) in [6.07, 6.45) is 0.818. The van der Waals surface area contributed by atoms with Crippen LogP contribution >= 0.6 is 22.6 Å². The first kappa shape index (κ1) is 16.8. The summed E-state index contributed by atoms with van der Waals surface area (Å²) in [5, 5.41) is 9.19. The molecule has 1 aliphatic heterocycles. The lowest BCUT2D eigenvalue weighted by Gasteiger charge is -2.30. The number of carbonyl (C=O) groups is 1. The zero-order valence-electron chi connectivity index (χ0n) is 13.9. The zero-order valence-corrected chi connectivity index (χ0v) is 16.1. The van der Waals surface area contributed by atoms with Crippen LogP contribution in [0.2, 0.25) is 0 Å². The van der Waals surface area contributed by atoms with Gasteiger partial charge in [0.1, 0.15) is 0 Å². The van der Waals surface area contributed by atoms with Gasteiger partial charge < -0.3 is 4.90 Å². The number of benzene rings is 3. The minimum Gasteiger partial charge on any atom is -0.308 e. The molecule has 0 saturated heterocycles. The fraction of sp³-hybridized carbons (Fsp3) is 0.0909. The Morgan fingerprint density at radius 1 is 1.00 bits per heavy atom. The Morgan fingerprint density at radius 2 is 1.77 bits per heavy atom. The second kappa shape index (κ2) is 6.93. The number of hydrogen-bond donors (Lipinski definition) is 0. The highest BCUT2D eigenvalue weighted by Gasteiger charge is 2.28. The van der Waals surface area contributed by atoms with Gasteiger partial charge in [0, 0.05) is 15.8 Å². The van der Waals surface area contributed by atoms with Crippen LogP contribution in [0.25, 0.3) is 11.1 Å². The van der Waals surface area contributed by atoms with Crippen LogP contribution in [0, 0.1) is 14.9 Å². The van der Waals surface area contributed by atoms with Gasteiger partial charge in [-0.05, 0) is 82.1 Å². The molecule has 1 amide bonds. The highest BCUT2D eigenvalue weighted by Crippen LogP contribution is 2.33. The van der Waals surface area contributed by atoms with Crippen LogP contribution in [0.5, 0.6) is 0 Å². The van der Waals surface area contributed by atoms with Gasteiger partial charge in [0.05, 0.1) is 17.2 Å². The first-order chi connectivity index (χ1) is 12.7. The van der Waals surface area contributed by atoms with Gasteiger partial charge in [0.15, 0.2) is 0 Å². The van der Waals surface area contributed by atoms with Gasteiger partial charge in [-0.3, -0.25) is 4.79 Å². The average Bonchev–Trinajstić information content (AvgIpc) is 2.69. The van der Waals surface area contributed by atoms with Crippen molar-refractivity contribution in [3.05, 3.63) is 87.0 Å². The Balaban J connectivity index is 1.81. The predicted octanol–water partition coefficient (Wildman–Crippen LogP) is 5.03. The van der Waals surface area contributed by atoms with Crippen LogP contribution in [0.4, 0.5) is 5.69 Å². The molecule has 126 valence electrons. The molecule has 3 nitrogen and oxygen atoms in total. The summed E-state index contributed by atoms with van der Waals surface area (Å²) in [5.41, 5.74) is 5.11. The van der Waals surface area contributed by atoms with Crippen molar-refractivity contribution in [3.8, 4) is 17.2 Å². The summed E-state index contributed by atoms with van der Waals surface area (Å²) in [6.45, 7) is 0.675. The van der Waals surface area contributed by atoms with Gasteiger partial charge in [-0.15, -0.1) is 0 Å². The SMILES string of the molecule is N#Cc1cccc(-c2cccc3c2C(=O)N(c2ccc(I)cc2)CC3)c1. The maximum atomic E-state index is 13.3. The molecular formula is C22H15IN2O. The third-order valence-electron chi connectivity index (χ3n) is 4.66. The highest BCUT2D eigenvalue weighted by atomic mass is 127. The molecule has 4 rings (SSSR count). The van der Waals surface area contributed by atoms with Crippen molar-refractivity contribution >= 4 is 34.2 Å². The van der Waals surface area contributed by atoms with E-state index in [1.165, 1.54) is 0 Å². The van der Waals surface area contributed by atoms with Crippen molar-refractivity contribution in [1.29, 1.82) is 5.26 Å². The lowest BCUT2D eigenvalue weighted by Crippen LogP contribution is -2.38. The molecular weight excluding hydrogens is 435 g/mol. The molecule has 0 aromatic heterocycles. The average molecular weight is 450 g/mol. The van der Waals surface area contributed by atoms with Gasteiger partial charge >= 0.3 is 0 Å². The number of nitrogens with zero attached hydrogens (tertiary/aromatic N) is 2. The van der Waals surface area contributed by atoms with E-state index < -0.39 is 0 Å². The number of rotatable bonds is 2. The molecule has 0 spiro atoms. The Hall–Kier alpha value is -2.65. The molecule has 0 N–H and O–H groups in total. The molecule has 0 atom stereocenters. The molecule has 3 aromatic carbocycles. The molecule has 0 bridgehead atoms. The van der Waals surface area contributed by atoms with E-state index in [9.17, 15) is 10.1 Å². The fourth-order valence-corrected chi connectivity index (χ4v) is 3.75. The fourth-order valence-electron chi connectivity index (χ4n) is 3.39. The molecule has 0 aliphatic carbocycles. The van der Waals surface area contributed by atoms with Gasteiger partial charge in [-0.2, -0.15) is 5.26 Å². The lowest BCUT2D eigenvalue weighted by atomic mass is 9.90. The highest BCUT2D eigenvalue weighted by molar-refractivity contribution is 14.1. The number of nitriles is 1. The molecule has 4 heteroatoms. The lowest BCUT2D eigenvalue weighted by molar-refractivity contribution is 0.0981. The summed E-state index contributed by atoms with van der Waals surface area (Å²) in [7, 11) is 0. The number of halogens is 1. The van der Waals surface area contributed by atoms with Gasteiger partial charge in [-0.1, -0.05) is 30.3 Å². The minimum atomic E-state index is 0.0189. The van der Waals surface area contributed by atoms with Crippen molar-refractivity contribution in [2.24, 2.45) is 0 Å². The molecule has 0 saturated carbocycles. The van der Waals surface area contributed by atoms with E-state index in [4.69, 9.17) is 0 Å². The molecule has 0 unspecified atom stereocenters. The molecule has 0 fully saturated rings. The second-order valence-corrected chi connectivity index (χ2v) is 7.46. The summed E-state index contributed by atoms with van der Waals surface area (Å²) >= 11 is 2.26. The maximum absolute atomic E-state index is 13.3. The smallest absolute Gasteiger partial charge is 0.259 e. The first-order valence-corrected chi connectivity index (χ1v) is 9.45. The third kappa shape index (κ3) is 2.99. The van der Waals surface area contributed by atoms with Crippen LogP contribution < -0.4 is 4.90 Å². The monoisotopic (exact) mass is 450 g/mol. The maximum Gasteiger partial charge on any atom is 0.259 e. The normalized spacial score (nSPS) is 13.2. The van der Waals surface area contributed by atoms with E-state index in [1.807, 2.05) is 65.6 Å². The van der Waals surface area contributed by atoms with E-state index in [1.54, 1.807) is 6.07 Å². The van der Waals surface area contributed by atoms with E-state index >= 15 is 0 Å². The number of carbonyl (C=O) groups excluding carboxylic acids is 1.